The molecule has 1 aliphatic heterocycles. The topological polar surface area (TPSA) is 66.7 Å². The molecule has 0 radical (unpaired) electrons. The Balaban J connectivity index is 1.53. The summed E-state index contributed by atoms with van der Waals surface area (Å²) in [7, 11) is 1.91. The highest BCUT2D eigenvalue weighted by atomic mass is 19.3. The van der Waals surface area contributed by atoms with Crippen molar-refractivity contribution in [2.24, 2.45) is 12.0 Å². The molecule has 2 aromatic rings. The first kappa shape index (κ1) is 21.9. The van der Waals surface area contributed by atoms with Crippen LogP contribution in [0.4, 0.5) is 14.5 Å². The summed E-state index contributed by atoms with van der Waals surface area (Å²) in [5, 5.41) is 10.9. The number of aromatic nitrogens is 2. The highest BCUT2D eigenvalue weighted by molar-refractivity contribution is 5.80. The summed E-state index contributed by atoms with van der Waals surface area (Å²) in [6, 6.07) is 7.12. The average molecular weight is 421 g/mol. The average Bonchev–Trinajstić information content (AvgIpc) is 3.34. The second-order valence-corrected chi connectivity index (χ2v) is 7.31. The van der Waals surface area contributed by atoms with Gasteiger partial charge in [-0.3, -0.25) is 9.67 Å². The molecule has 1 aliphatic rings. The lowest BCUT2D eigenvalue weighted by atomic mass is 10.2. The SMILES string of the molecule is CCNC(=NCCCc1cnn(C)c1)NC1CCN(c2ccccc2OC(F)F)C1. The summed E-state index contributed by atoms with van der Waals surface area (Å²) in [4.78, 5) is 6.75. The van der Waals surface area contributed by atoms with Gasteiger partial charge >= 0.3 is 6.61 Å². The van der Waals surface area contributed by atoms with E-state index in [2.05, 4.69) is 30.4 Å². The van der Waals surface area contributed by atoms with Crippen LogP contribution in [-0.2, 0) is 13.5 Å². The lowest BCUT2D eigenvalue weighted by Gasteiger charge is -2.22. The highest BCUT2D eigenvalue weighted by Gasteiger charge is 2.26. The van der Waals surface area contributed by atoms with Crippen LogP contribution in [0.15, 0.2) is 41.7 Å². The Morgan fingerprint density at radius 1 is 1.37 bits per heavy atom. The summed E-state index contributed by atoms with van der Waals surface area (Å²) < 4.78 is 31.9. The molecule has 1 saturated heterocycles. The van der Waals surface area contributed by atoms with Crippen LogP contribution in [0.2, 0.25) is 0 Å². The Labute approximate surface area is 176 Å². The van der Waals surface area contributed by atoms with Crippen molar-refractivity contribution in [1.82, 2.24) is 20.4 Å². The first-order chi connectivity index (χ1) is 14.5. The van der Waals surface area contributed by atoms with E-state index in [1.54, 1.807) is 16.8 Å². The molecule has 1 aromatic carbocycles. The van der Waals surface area contributed by atoms with Crippen LogP contribution in [0.3, 0.4) is 0 Å². The number of anilines is 1. The minimum atomic E-state index is -2.83. The molecule has 1 aromatic heterocycles. The predicted molar refractivity (Wildman–Crippen MR) is 114 cm³/mol. The van der Waals surface area contributed by atoms with E-state index >= 15 is 0 Å². The Bertz CT molecular complexity index is 825. The molecule has 0 spiro atoms. The third-order valence-electron chi connectivity index (χ3n) is 4.95. The van der Waals surface area contributed by atoms with Crippen molar-refractivity contribution in [2.75, 3.05) is 31.1 Å². The number of aryl methyl sites for hydroxylation is 2. The highest BCUT2D eigenvalue weighted by Crippen LogP contribution is 2.31. The van der Waals surface area contributed by atoms with E-state index in [0.717, 1.165) is 38.3 Å². The van der Waals surface area contributed by atoms with Gasteiger partial charge in [0.2, 0.25) is 0 Å². The molecule has 2 heterocycles. The zero-order valence-corrected chi connectivity index (χ0v) is 17.5. The van der Waals surface area contributed by atoms with E-state index in [4.69, 9.17) is 0 Å². The lowest BCUT2D eigenvalue weighted by Crippen LogP contribution is -2.44. The van der Waals surface area contributed by atoms with Crippen molar-refractivity contribution >= 4 is 11.6 Å². The Kier molecular flexibility index (Phi) is 7.87. The molecule has 3 rings (SSSR count). The van der Waals surface area contributed by atoms with Gasteiger partial charge in [0.05, 0.1) is 11.9 Å². The maximum atomic E-state index is 12.7. The molecule has 1 atom stereocenters. The van der Waals surface area contributed by atoms with Crippen LogP contribution >= 0.6 is 0 Å². The number of benzene rings is 1. The standard InChI is InChI=1S/C21H30F2N6O/c1-3-24-21(25-11-6-7-16-13-26-28(2)14-16)27-17-10-12-29(15-17)18-8-4-5-9-19(18)30-20(22)23/h4-5,8-9,13-14,17,20H,3,6-7,10-12,15H2,1-2H3,(H2,24,25,27). The molecule has 0 aliphatic carbocycles. The number of nitrogens with zero attached hydrogens (tertiary/aromatic N) is 4. The number of hydrogen-bond acceptors (Lipinski definition) is 4. The van der Waals surface area contributed by atoms with Gasteiger partial charge in [-0.05, 0) is 43.9 Å². The van der Waals surface area contributed by atoms with Gasteiger partial charge in [-0.2, -0.15) is 13.9 Å². The van der Waals surface area contributed by atoms with Gasteiger partial charge in [-0.25, -0.2) is 0 Å². The third-order valence-corrected chi connectivity index (χ3v) is 4.95. The summed E-state index contributed by atoms with van der Waals surface area (Å²) >= 11 is 0. The number of alkyl halides is 2. The van der Waals surface area contributed by atoms with Crippen molar-refractivity contribution < 1.29 is 13.5 Å². The maximum absolute atomic E-state index is 12.7. The van der Waals surface area contributed by atoms with Crippen molar-refractivity contribution in [2.45, 2.75) is 38.8 Å². The molecular formula is C21H30F2N6O. The second kappa shape index (κ2) is 10.8. The number of para-hydroxylation sites is 2. The number of halogens is 2. The fourth-order valence-corrected chi connectivity index (χ4v) is 3.60. The predicted octanol–water partition coefficient (Wildman–Crippen LogP) is 2.79. The van der Waals surface area contributed by atoms with E-state index in [9.17, 15) is 8.78 Å². The minimum Gasteiger partial charge on any atom is -0.433 e. The minimum absolute atomic E-state index is 0.181. The van der Waals surface area contributed by atoms with Crippen LogP contribution in [0.5, 0.6) is 5.75 Å². The molecular weight excluding hydrogens is 390 g/mol. The third kappa shape index (κ3) is 6.33. The van der Waals surface area contributed by atoms with Gasteiger partial charge in [0, 0.05) is 45.5 Å². The maximum Gasteiger partial charge on any atom is 0.387 e. The molecule has 0 saturated carbocycles. The van der Waals surface area contributed by atoms with E-state index < -0.39 is 6.61 Å². The van der Waals surface area contributed by atoms with Crippen molar-refractivity contribution in [3.8, 4) is 5.75 Å². The number of guanidine groups is 1. The second-order valence-electron chi connectivity index (χ2n) is 7.31. The van der Waals surface area contributed by atoms with Crippen molar-refractivity contribution in [3.05, 3.63) is 42.2 Å². The molecule has 164 valence electrons. The summed E-state index contributed by atoms with van der Waals surface area (Å²) in [6.45, 7) is 2.15. The number of nitrogens with one attached hydrogen (secondary N) is 2. The number of hydrogen-bond donors (Lipinski definition) is 2. The van der Waals surface area contributed by atoms with Gasteiger partial charge in [0.15, 0.2) is 5.96 Å². The lowest BCUT2D eigenvalue weighted by molar-refractivity contribution is -0.0495. The molecule has 30 heavy (non-hydrogen) atoms. The van der Waals surface area contributed by atoms with Gasteiger partial charge in [0.25, 0.3) is 0 Å². The van der Waals surface area contributed by atoms with E-state index in [1.807, 2.05) is 38.5 Å². The normalized spacial score (nSPS) is 16.9. The molecule has 7 nitrogen and oxygen atoms in total. The van der Waals surface area contributed by atoms with Crippen molar-refractivity contribution in [1.29, 1.82) is 0 Å². The van der Waals surface area contributed by atoms with E-state index in [-0.39, 0.29) is 11.8 Å². The molecule has 2 N–H and O–H groups in total. The molecule has 1 fully saturated rings. The van der Waals surface area contributed by atoms with Gasteiger partial charge in [-0.15, -0.1) is 0 Å². The van der Waals surface area contributed by atoms with Crippen LogP contribution in [0.1, 0.15) is 25.3 Å². The molecule has 0 bridgehead atoms. The van der Waals surface area contributed by atoms with E-state index in [1.165, 1.54) is 5.56 Å². The Morgan fingerprint density at radius 3 is 2.93 bits per heavy atom. The number of aliphatic imine (C=N–C) groups is 1. The molecule has 9 heteroatoms. The van der Waals surface area contributed by atoms with Crippen LogP contribution < -0.4 is 20.3 Å². The summed E-state index contributed by atoms with van der Waals surface area (Å²) in [6.07, 6.45) is 6.68. The summed E-state index contributed by atoms with van der Waals surface area (Å²) in [5.74, 6) is 0.997. The van der Waals surface area contributed by atoms with Crippen LogP contribution in [0, 0.1) is 0 Å². The number of rotatable bonds is 9. The summed E-state index contributed by atoms with van der Waals surface area (Å²) in [5.41, 5.74) is 1.90. The Hall–Kier alpha value is -2.84. The monoisotopic (exact) mass is 420 g/mol. The largest absolute Gasteiger partial charge is 0.433 e. The van der Waals surface area contributed by atoms with Gasteiger partial charge in [0.1, 0.15) is 5.75 Å². The van der Waals surface area contributed by atoms with Crippen LogP contribution in [0.25, 0.3) is 0 Å². The zero-order chi connectivity index (χ0) is 21.3. The fraction of sp³-hybridized carbons (Fsp3) is 0.524. The van der Waals surface area contributed by atoms with E-state index in [0.29, 0.717) is 18.8 Å². The first-order valence-corrected chi connectivity index (χ1v) is 10.4. The van der Waals surface area contributed by atoms with Crippen molar-refractivity contribution in [3.63, 3.8) is 0 Å². The van der Waals surface area contributed by atoms with Crippen LogP contribution in [-0.4, -0.2) is 54.6 Å². The van der Waals surface area contributed by atoms with Gasteiger partial charge in [-0.1, -0.05) is 12.1 Å². The first-order valence-electron chi connectivity index (χ1n) is 10.4. The zero-order valence-electron chi connectivity index (χ0n) is 17.5. The quantitative estimate of drug-likeness (QED) is 0.371. The Morgan fingerprint density at radius 2 is 2.20 bits per heavy atom. The smallest absolute Gasteiger partial charge is 0.387 e. The fourth-order valence-electron chi connectivity index (χ4n) is 3.60. The molecule has 1 unspecified atom stereocenters. The van der Waals surface area contributed by atoms with Gasteiger partial charge < -0.3 is 20.3 Å². The molecule has 0 amide bonds. The number of ether oxygens (including phenoxy) is 1.